The minimum atomic E-state index is 0.256. The van der Waals surface area contributed by atoms with E-state index in [4.69, 9.17) is 15.2 Å². The molecule has 22 heavy (non-hydrogen) atoms. The molecule has 1 aromatic heterocycles. The summed E-state index contributed by atoms with van der Waals surface area (Å²) in [5, 5.41) is 0. The molecule has 3 rings (SSSR count). The van der Waals surface area contributed by atoms with Gasteiger partial charge in [-0.2, -0.15) is 9.97 Å². The summed E-state index contributed by atoms with van der Waals surface area (Å²) in [7, 11) is 0. The van der Waals surface area contributed by atoms with Crippen LogP contribution in [-0.2, 0) is 0 Å². The highest BCUT2D eigenvalue weighted by molar-refractivity contribution is 5.57. The molecule has 5 heteroatoms. The van der Waals surface area contributed by atoms with Crippen molar-refractivity contribution in [2.45, 2.75) is 6.92 Å². The van der Waals surface area contributed by atoms with E-state index >= 15 is 0 Å². The summed E-state index contributed by atoms with van der Waals surface area (Å²) in [5.74, 6) is 1.84. The first-order valence-electron chi connectivity index (χ1n) is 6.80. The third kappa shape index (κ3) is 3.15. The molecule has 0 atom stereocenters. The van der Waals surface area contributed by atoms with Gasteiger partial charge in [-0.3, -0.25) is 0 Å². The normalized spacial score (nSPS) is 10.2. The Bertz CT molecular complexity index is 759. The Morgan fingerprint density at radius 2 is 1.32 bits per heavy atom. The van der Waals surface area contributed by atoms with Gasteiger partial charge in [0.05, 0.1) is 0 Å². The van der Waals surface area contributed by atoms with Gasteiger partial charge in [-0.15, -0.1) is 0 Å². The van der Waals surface area contributed by atoms with Gasteiger partial charge in [0.2, 0.25) is 11.8 Å². The van der Waals surface area contributed by atoms with Crippen molar-refractivity contribution in [3.63, 3.8) is 0 Å². The Morgan fingerprint density at radius 3 is 1.91 bits per heavy atom. The van der Waals surface area contributed by atoms with Gasteiger partial charge in [0, 0.05) is 0 Å². The average molecular weight is 293 g/mol. The van der Waals surface area contributed by atoms with Crippen molar-refractivity contribution in [2.24, 2.45) is 0 Å². The maximum atomic E-state index is 6.03. The first kappa shape index (κ1) is 13.9. The molecule has 0 spiro atoms. The van der Waals surface area contributed by atoms with Crippen molar-refractivity contribution in [1.29, 1.82) is 0 Å². The van der Waals surface area contributed by atoms with Gasteiger partial charge >= 0.3 is 0 Å². The second kappa shape index (κ2) is 6.13. The van der Waals surface area contributed by atoms with Crippen molar-refractivity contribution in [2.75, 3.05) is 5.73 Å². The number of nitrogens with two attached hydrogens (primary N) is 1. The molecule has 1 heterocycles. The van der Waals surface area contributed by atoms with E-state index < -0.39 is 0 Å². The van der Waals surface area contributed by atoms with E-state index in [1.807, 2.05) is 61.5 Å². The van der Waals surface area contributed by atoms with Gasteiger partial charge < -0.3 is 15.2 Å². The fraction of sp³-hybridized carbons (Fsp3) is 0.0588. The summed E-state index contributed by atoms with van der Waals surface area (Å²) in [6, 6.07) is 16.9. The minimum absolute atomic E-state index is 0.256. The van der Waals surface area contributed by atoms with Crippen molar-refractivity contribution in [1.82, 2.24) is 9.97 Å². The summed E-state index contributed by atoms with van der Waals surface area (Å²) in [4.78, 5) is 8.11. The monoisotopic (exact) mass is 293 g/mol. The van der Waals surface area contributed by atoms with Gasteiger partial charge in [0.1, 0.15) is 17.8 Å². The van der Waals surface area contributed by atoms with Crippen LogP contribution < -0.4 is 15.2 Å². The second-order valence-electron chi connectivity index (χ2n) is 4.73. The Balaban J connectivity index is 1.84. The van der Waals surface area contributed by atoms with Gasteiger partial charge in [-0.05, 0) is 31.2 Å². The molecule has 0 amide bonds. The van der Waals surface area contributed by atoms with E-state index in [0.717, 1.165) is 5.56 Å². The van der Waals surface area contributed by atoms with Crippen LogP contribution >= 0.6 is 0 Å². The second-order valence-corrected chi connectivity index (χ2v) is 4.73. The maximum absolute atomic E-state index is 6.03. The van der Waals surface area contributed by atoms with Crippen molar-refractivity contribution in [3.8, 4) is 23.3 Å². The SMILES string of the molecule is Cc1ccc(Oc2ncnc(Oc3ccccc3)c2N)cc1. The Kier molecular flexibility index (Phi) is 3.87. The van der Waals surface area contributed by atoms with Crippen LogP contribution in [0.4, 0.5) is 5.69 Å². The molecule has 0 aliphatic heterocycles. The van der Waals surface area contributed by atoms with Crippen LogP contribution in [0.1, 0.15) is 5.56 Å². The topological polar surface area (TPSA) is 70.3 Å². The molecule has 0 saturated carbocycles. The summed E-state index contributed by atoms with van der Waals surface area (Å²) < 4.78 is 11.3. The zero-order chi connectivity index (χ0) is 15.4. The lowest BCUT2D eigenvalue weighted by Crippen LogP contribution is -2.00. The molecular formula is C17H15N3O2. The third-order valence-electron chi connectivity index (χ3n) is 3.00. The number of hydrogen-bond acceptors (Lipinski definition) is 5. The zero-order valence-electron chi connectivity index (χ0n) is 12.1. The van der Waals surface area contributed by atoms with Crippen LogP contribution in [0, 0.1) is 6.92 Å². The number of nitrogens with zero attached hydrogens (tertiary/aromatic N) is 2. The van der Waals surface area contributed by atoms with E-state index in [9.17, 15) is 0 Å². The number of hydrogen-bond donors (Lipinski definition) is 1. The predicted molar refractivity (Wildman–Crippen MR) is 84.2 cm³/mol. The molecule has 5 nitrogen and oxygen atoms in total. The van der Waals surface area contributed by atoms with Crippen LogP contribution in [0.2, 0.25) is 0 Å². The summed E-state index contributed by atoms with van der Waals surface area (Å²) in [6.45, 7) is 2.01. The van der Waals surface area contributed by atoms with Gasteiger partial charge in [0.25, 0.3) is 0 Å². The summed E-state index contributed by atoms with van der Waals surface area (Å²) in [6.07, 6.45) is 1.36. The summed E-state index contributed by atoms with van der Waals surface area (Å²) in [5.41, 5.74) is 7.44. The number of anilines is 1. The Hall–Kier alpha value is -3.08. The molecule has 3 aromatic rings. The fourth-order valence-corrected chi connectivity index (χ4v) is 1.85. The minimum Gasteiger partial charge on any atom is -0.437 e. The maximum Gasteiger partial charge on any atom is 0.249 e. The lowest BCUT2D eigenvalue weighted by atomic mass is 10.2. The molecule has 110 valence electrons. The van der Waals surface area contributed by atoms with E-state index in [2.05, 4.69) is 9.97 Å². The predicted octanol–water partition coefficient (Wildman–Crippen LogP) is 3.95. The molecule has 0 aliphatic rings. The Labute approximate surface area is 128 Å². The largest absolute Gasteiger partial charge is 0.437 e. The van der Waals surface area contributed by atoms with Gasteiger partial charge in [-0.1, -0.05) is 35.9 Å². The Morgan fingerprint density at radius 1 is 0.773 bits per heavy atom. The first-order valence-corrected chi connectivity index (χ1v) is 6.80. The molecular weight excluding hydrogens is 278 g/mol. The van der Waals surface area contributed by atoms with Crippen LogP contribution in [-0.4, -0.2) is 9.97 Å². The molecule has 2 aromatic carbocycles. The molecule has 0 radical (unpaired) electrons. The fourth-order valence-electron chi connectivity index (χ4n) is 1.85. The highest BCUT2D eigenvalue weighted by atomic mass is 16.5. The summed E-state index contributed by atoms with van der Waals surface area (Å²) >= 11 is 0. The van der Waals surface area contributed by atoms with Crippen molar-refractivity contribution >= 4 is 5.69 Å². The number of ether oxygens (including phenoxy) is 2. The molecule has 2 N–H and O–H groups in total. The standard InChI is InChI=1S/C17H15N3O2/c1-12-7-9-14(10-8-12)22-17-15(18)16(19-11-20-17)21-13-5-3-2-4-6-13/h2-11H,18H2,1H3. The van der Waals surface area contributed by atoms with Gasteiger partial charge in [-0.25, -0.2) is 0 Å². The number of rotatable bonds is 4. The van der Waals surface area contributed by atoms with E-state index in [1.165, 1.54) is 6.33 Å². The highest BCUT2D eigenvalue weighted by Gasteiger charge is 2.12. The number of aromatic nitrogens is 2. The smallest absolute Gasteiger partial charge is 0.249 e. The molecule has 0 bridgehead atoms. The van der Waals surface area contributed by atoms with E-state index in [-0.39, 0.29) is 17.4 Å². The number of aryl methyl sites for hydroxylation is 1. The number of benzene rings is 2. The zero-order valence-corrected chi connectivity index (χ0v) is 12.1. The van der Waals surface area contributed by atoms with E-state index in [1.54, 1.807) is 0 Å². The van der Waals surface area contributed by atoms with Crippen LogP contribution in [0.3, 0.4) is 0 Å². The van der Waals surface area contributed by atoms with Gasteiger partial charge in [0.15, 0.2) is 5.69 Å². The molecule has 0 saturated heterocycles. The average Bonchev–Trinajstić information content (AvgIpc) is 2.54. The van der Waals surface area contributed by atoms with Crippen molar-refractivity contribution in [3.05, 3.63) is 66.5 Å². The third-order valence-corrected chi connectivity index (χ3v) is 3.00. The lowest BCUT2D eigenvalue weighted by Gasteiger charge is -2.11. The first-order chi connectivity index (χ1) is 10.7. The van der Waals surface area contributed by atoms with Crippen LogP contribution in [0.5, 0.6) is 23.3 Å². The molecule has 0 fully saturated rings. The molecule has 0 aliphatic carbocycles. The lowest BCUT2D eigenvalue weighted by molar-refractivity contribution is 0.438. The number of nitrogen functional groups attached to an aromatic ring is 1. The quantitative estimate of drug-likeness (QED) is 0.788. The van der Waals surface area contributed by atoms with Crippen LogP contribution in [0.25, 0.3) is 0 Å². The molecule has 0 unspecified atom stereocenters. The highest BCUT2D eigenvalue weighted by Crippen LogP contribution is 2.33. The number of para-hydroxylation sites is 1. The van der Waals surface area contributed by atoms with E-state index in [0.29, 0.717) is 11.5 Å². The van der Waals surface area contributed by atoms with Crippen molar-refractivity contribution < 1.29 is 9.47 Å². The van der Waals surface area contributed by atoms with Crippen LogP contribution in [0.15, 0.2) is 60.9 Å².